The Kier molecular flexibility index (Phi) is 2.54. The van der Waals surface area contributed by atoms with Crippen molar-refractivity contribution in [3.05, 3.63) is 18.1 Å². The van der Waals surface area contributed by atoms with E-state index in [-0.39, 0.29) is 18.3 Å². The molecule has 18 heavy (non-hydrogen) atoms. The molecule has 3 nitrogen and oxygen atoms in total. The molecule has 1 aromatic heterocycles. The third kappa shape index (κ3) is 2.18. The number of aromatic nitrogens is 2. The molecule has 3 rings (SSSR count). The van der Waals surface area contributed by atoms with Crippen molar-refractivity contribution in [1.29, 1.82) is 0 Å². The van der Waals surface area contributed by atoms with Crippen LogP contribution in [0.25, 0.3) is 0 Å². The van der Waals surface area contributed by atoms with Gasteiger partial charge in [0, 0.05) is 25.1 Å². The van der Waals surface area contributed by atoms with Crippen LogP contribution in [0.5, 0.6) is 5.88 Å². The molecule has 2 aliphatic rings. The fourth-order valence-corrected chi connectivity index (χ4v) is 3.34. The highest BCUT2D eigenvalue weighted by atomic mass is 19.3. The van der Waals surface area contributed by atoms with Crippen LogP contribution in [0.1, 0.15) is 31.5 Å². The van der Waals surface area contributed by atoms with Crippen LogP contribution in [-0.2, 0) is 0 Å². The number of rotatable bonds is 3. The van der Waals surface area contributed by atoms with Gasteiger partial charge in [-0.05, 0) is 31.1 Å². The van der Waals surface area contributed by atoms with Crippen LogP contribution in [0, 0.1) is 18.3 Å². The first-order chi connectivity index (χ1) is 8.46. The highest BCUT2D eigenvalue weighted by molar-refractivity contribution is 5.10. The fourth-order valence-electron chi connectivity index (χ4n) is 3.34. The van der Waals surface area contributed by atoms with E-state index in [1.54, 1.807) is 12.3 Å². The van der Waals surface area contributed by atoms with Crippen LogP contribution in [0.3, 0.4) is 0 Å². The van der Waals surface area contributed by atoms with Gasteiger partial charge in [-0.1, -0.05) is 0 Å². The van der Waals surface area contributed by atoms with Gasteiger partial charge in [0.2, 0.25) is 11.8 Å². The third-order valence-corrected chi connectivity index (χ3v) is 3.93. The average molecular weight is 254 g/mol. The Morgan fingerprint density at radius 3 is 2.72 bits per heavy atom. The Morgan fingerprint density at radius 1 is 1.39 bits per heavy atom. The molecule has 0 aliphatic heterocycles. The van der Waals surface area contributed by atoms with E-state index in [2.05, 4.69) is 9.97 Å². The lowest BCUT2D eigenvalue weighted by Gasteiger charge is -2.57. The molecule has 0 aromatic carbocycles. The lowest BCUT2D eigenvalue weighted by atomic mass is 9.50. The van der Waals surface area contributed by atoms with Gasteiger partial charge in [-0.3, -0.25) is 0 Å². The number of alkyl halides is 2. The molecule has 98 valence electrons. The molecular weight excluding hydrogens is 238 g/mol. The van der Waals surface area contributed by atoms with Crippen molar-refractivity contribution in [3.8, 4) is 5.88 Å². The highest BCUT2D eigenvalue weighted by Gasteiger charge is 2.61. The van der Waals surface area contributed by atoms with Gasteiger partial charge >= 0.3 is 0 Å². The molecule has 2 aliphatic carbocycles. The lowest BCUT2D eigenvalue weighted by Crippen LogP contribution is -2.54. The molecule has 2 saturated carbocycles. The molecule has 0 radical (unpaired) electrons. The second kappa shape index (κ2) is 3.87. The van der Waals surface area contributed by atoms with E-state index in [0.717, 1.165) is 12.8 Å². The summed E-state index contributed by atoms with van der Waals surface area (Å²) in [5, 5.41) is 0. The van der Waals surface area contributed by atoms with Crippen LogP contribution in [0.15, 0.2) is 12.3 Å². The minimum Gasteiger partial charge on any atom is -0.477 e. The summed E-state index contributed by atoms with van der Waals surface area (Å²) in [5.74, 6) is -0.759. The van der Waals surface area contributed by atoms with Crippen molar-refractivity contribution in [2.75, 3.05) is 6.61 Å². The summed E-state index contributed by atoms with van der Waals surface area (Å²) in [6.07, 6.45) is 3.54. The van der Waals surface area contributed by atoms with Crippen LogP contribution >= 0.6 is 0 Å². The topological polar surface area (TPSA) is 35.0 Å². The Morgan fingerprint density at radius 2 is 2.11 bits per heavy atom. The number of aryl methyl sites for hydroxylation is 1. The molecule has 0 unspecified atom stereocenters. The number of hydrogen-bond donors (Lipinski definition) is 0. The van der Waals surface area contributed by atoms with Crippen molar-refractivity contribution in [3.63, 3.8) is 0 Å². The molecule has 0 bridgehead atoms. The SMILES string of the molecule is Cc1nccc(OCC2CC3(C2)CC(F)(F)C3)n1. The molecule has 0 atom stereocenters. The summed E-state index contributed by atoms with van der Waals surface area (Å²) >= 11 is 0. The molecule has 1 aromatic rings. The number of ether oxygens (including phenoxy) is 1. The van der Waals surface area contributed by atoms with Gasteiger partial charge in [-0.25, -0.2) is 13.8 Å². The maximum atomic E-state index is 12.8. The van der Waals surface area contributed by atoms with Crippen LogP contribution in [0.2, 0.25) is 0 Å². The van der Waals surface area contributed by atoms with E-state index in [4.69, 9.17) is 4.74 Å². The monoisotopic (exact) mass is 254 g/mol. The normalized spacial score (nSPS) is 24.4. The number of nitrogens with zero attached hydrogens (tertiary/aromatic N) is 2. The Hall–Kier alpha value is -1.26. The first-order valence-corrected chi connectivity index (χ1v) is 6.27. The average Bonchev–Trinajstić information content (AvgIpc) is 2.20. The summed E-state index contributed by atoms with van der Waals surface area (Å²) in [6.45, 7) is 2.38. The smallest absolute Gasteiger partial charge is 0.249 e. The predicted molar refractivity (Wildman–Crippen MR) is 61.6 cm³/mol. The Bertz CT molecular complexity index is 448. The van der Waals surface area contributed by atoms with Crippen LogP contribution < -0.4 is 4.74 Å². The second-order valence-corrected chi connectivity index (χ2v) is 5.74. The van der Waals surface area contributed by atoms with E-state index < -0.39 is 5.92 Å². The van der Waals surface area contributed by atoms with Gasteiger partial charge in [0.25, 0.3) is 0 Å². The minimum atomic E-state index is -2.41. The van der Waals surface area contributed by atoms with E-state index >= 15 is 0 Å². The largest absolute Gasteiger partial charge is 0.477 e. The fraction of sp³-hybridized carbons (Fsp3) is 0.692. The summed E-state index contributed by atoms with van der Waals surface area (Å²) in [5.41, 5.74) is -0.0703. The second-order valence-electron chi connectivity index (χ2n) is 5.74. The summed E-state index contributed by atoms with van der Waals surface area (Å²) in [7, 11) is 0. The molecule has 1 spiro atoms. The van der Waals surface area contributed by atoms with E-state index in [1.165, 1.54) is 0 Å². The number of hydrogen-bond acceptors (Lipinski definition) is 3. The minimum absolute atomic E-state index is 0.0703. The maximum Gasteiger partial charge on any atom is 0.249 e. The molecule has 0 saturated heterocycles. The van der Waals surface area contributed by atoms with Crippen molar-refractivity contribution >= 4 is 0 Å². The molecule has 1 heterocycles. The summed E-state index contributed by atoms with van der Waals surface area (Å²) < 4.78 is 31.2. The molecule has 2 fully saturated rings. The molecule has 0 amide bonds. The van der Waals surface area contributed by atoms with Crippen molar-refractivity contribution < 1.29 is 13.5 Å². The first kappa shape index (κ1) is 11.8. The highest BCUT2D eigenvalue weighted by Crippen LogP contribution is 2.64. The van der Waals surface area contributed by atoms with E-state index in [0.29, 0.717) is 24.2 Å². The third-order valence-electron chi connectivity index (χ3n) is 3.93. The van der Waals surface area contributed by atoms with Gasteiger partial charge in [-0.2, -0.15) is 4.98 Å². The molecular formula is C13H16F2N2O. The van der Waals surface area contributed by atoms with Crippen LogP contribution in [0.4, 0.5) is 8.78 Å². The van der Waals surface area contributed by atoms with Gasteiger partial charge in [0.15, 0.2) is 0 Å². The lowest BCUT2D eigenvalue weighted by molar-refractivity contribution is -0.209. The maximum absolute atomic E-state index is 12.8. The zero-order valence-corrected chi connectivity index (χ0v) is 10.3. The van der Waals surface area contributed by atoms with Gasteiger partial charge < -0.3 is 4.74 Å². The van der Waals surface area contributed by atoms with Crippen LogP contribution in [-0.4, -0.2) is 22.5 Å². The van der Waals surface area contributed by atoms with Gasteiger partial charge in [0.05, 0.1) is 6.61 Å². The Balaban J connectivity index is 1.44. The van der Waals surface area contributed by atoms with Gasteiger partial charge in [0.1, 0.15) is 5.82 Å². The van der Waals surface area contributed by atoms with E-state index in [1.807, 2.05) is 6.92 Å². The Labute approximate surface area is 105 Å². The summed E-state index contributed by atoms with van der Waals surface area (Å²) in [4.78, 5) is 8.13. The van der Waals surface area contributed by atoms with E-state index in [9.17, 15) is 8.78 Å². The van der Waals surface area contributed by atoms with Crippen molar-refractivity contribution in [1.82, 2.24) is 9.97 Å². The number of halogens is 2. The van der Waals surface area contributed by atoms with Gasteiger partial charge in [-0.15, -0.1) is 0 Å². The standard InChI is InChI=1S/C13H16F2N2O/c1-9-16-3-2-11(17-9)18-6-10-4-12(5-10)7-13(14,15)8-12/h2-3,10H,4-8H2,1H3. The summed E-state index contributed by atoms with van der Waals surface area (Å²) in [6, 6.07) is 1.72. The quantitative estimate of drug-likeness (QED) is 0.831. The molecule has 5 heteroatoms. The predicted octanol–water partition coefficient (Wildman–Crippen LogP) is 2.99. The van der Waals surface area contributed by atoms with Crippen molar-refractivity contribution in [2.45, 2.75) is 38.5 Å². The zero-order valence-electron chi connectivity index (χ0n) is 10.3. The molecule has 0 N–H and O–H groups in total. The zero-order chi connectivity index (χ0) is 12.8. The van der Waals surface area contributed by atoms with Crippen molar-refractivity contribution in [2.24, 2.45) is 11.3 Å². The first-order valence-electron chi connectivity index (χ1n) is 6.27.